The second-order valence-electron chi connectivity index (χ2n) is 5.03. The van der Waals surface area contributed by atoms with E-state index >= 15 is 0 Å². The van der Waals surface area contributed by atoms with E-state index in [0.29, 0.717) is 18.7 Å². The summed E-state index contributed by atoms with van der Waals surface area (Å²) in [6.45, 7) is 3.39. The molecule has 0 spiro atoms. The molecular weight excluding hydrogens is 268 g/mol. The largest absolute Gasteiger partial charge is 0.397 e. The van der Waals surface area contributed by atoms with Gasteiger partial charge in [0, 0.05) is 18.7 Å². The van der Waals surface area contributed by atoms with E-state index in [0.717, 1.165) is 35.7 Å². The molecule has 21 heavy (non-hydrogen) atoms. The second-order valence-corrected chi connectivity index (χ2v) is 5.03. The maximum Gasteiger partial charge on any atom is 0.224 e. The lowest BCUT2D eigenvalue weighted by atomic mass is 10.0. The van der Waals surface area contributed by atoms with Crippen molar-refractivity contribution < 1.29 is 4.79 Å². The van der Waals surface area contributed by atoms with Crippen LogP contribution in [-0.4, -0.2) is 20.7 Å². The number of nitrogen functional groups attached to an aromatic ring is 1. The normalized spacial score (nSPS) is 13.7. The molecule has 0 saturated heterocycles. The number of nitrogens with one attached hydrogen (secondary N) is 2. The van der Waals surface area contributed by atoms with Gasteiger partial charge in [0.2, 0.25) is 5.91 Å². The Morgan fingerprint density at radius 1 is 1.43 bits per heavy atom. The third-order valence-electron chi connectivity index (χ3n) is 3.64. The summed E-state index contributed by atoms with van der Waals surface area (Å²) >= 11 is 0. The van der Waals surface area contributed by atoms with Crippen molar-refractivity contribution in [1.29, 1.82) is 0 Å². The van der Waals surface area contributed by atoms with Gasteiger partial charge in [0.25, 0.3) is 0 Å². The number of aryl methyl sites for hydroxylation is 2. The zero-order valence-corrected chi connectivity index (χ0v) is 11.9. The first-order chi connectivity index (χ1) is 10.2. The molecule has 1 aromatic carbocycles. The van der Waals surface area contributed by atoms with Crippen LogP contribution in [0.2, 0.25) is 0 Å². The van der Waals surface area contributed by atoms with Crippen LogP contribution in [0.4, 0.5) is 17.1 Å². The van der Waals surface area contributed by atoms with Crippen molar-refractivity contribution in [2.24, 2.45) is 0 Å². The molecule has 3 rings (SSSR count). The summed E-state index contributed by atoms with van der Waals surface area (Å²) in [4.78, 5) is 11.5. The third kappa shape index (κ3) is 2.67. The second kappa shape index (κ2) is 5.43. The number of aromatic nitrogens is 3. The Bertz CT molecular complexity index is 678. The zero-order chi connectivity index (χ0) is 14.8. The molecule has 2 aromatic rings. The zero-order valence-electron chi connectivity index (χ0n) is 11.9. The van der Waals surface area contributed by atoms with Gasteiger partial charge in [-0.1, -0.05) is 0 Å². The van der Waals surface area contributed by atoms with Crippen molar-refractivity contribution in [1.82, 2.24) is 14.8 Å². The Hall–Kier alpha value is -2.57. The van der Waals surface area contributed by atoms with E-state index in [9.17, 15) is 4.79 Å². The molecule has 4 N–H and O–H groups in total. The fourth-order valence-electron chi connectivity index (χ4n) is 2.46. The van der Waals surface area contributed by atoms with E-state index in [2.05, 4.69) is 20.8 Å². The lowest BCUT2D eigenvalue weighted by molar-refractivity contribution is -0.116. The highest BCUT2D eigenvalue weighted by Crippen LogP contribution is 2.31. The van der Waals surface area contributed by atoms with Gasteiger partial charge in [-0.2, -0.15) is 0 Å². The van der Waals surface area contributed by atoms with Gasteiger partial charge in [-0.05, 0) is 31.0 Å². The van der Waals surface area contributed by atoms with Crippen LogP contribution in [-0.2, 0) is 24.3 Å². The number of hydrogen-bond acceptors (Lipinski definition) is 5. The van der Waals surface area contributed by atoms with Crippen LogP contribution in [0.1, 0.15) is 24.7 Å². The number of nitrogens with two attached hydrogens (primary N) is 1. The number of hydrogen-bond donors (Lipinski definition) is 3. The average molecular weight is 286 g/mol. The summed E-state index contributed by atoms with van der Waals surface area (Å²) in [6, 6.07) is 3.80. The minimum absolute atomic E-state index is 0.0453. The highest BCUT2D eigenvalue weighted by atomic mass is 16.1. The van der Waals surface area contributed by atoms with Gasteiger partial charge in [-0.3, -0.25) is 4.79 Å². The molecular formula is C14H18N6O. The van der Waals surface area contributed by atoms with Crippen molar-refractivity contribution in [3.8, 4) is 0 Å². The van der Waals surface area contributed by atoms with E-state index in [1.807, 2.05) is 23.6 Å². The summed E-state index contributed by atoms with van der Waals surface area (Å²) in [7, 11) is 0. The molecule has 0 atom stereocenters. The van der Waals surface area contributed by atoms with E-state index in [4.69, 9.17) is 5.73 Å². The summed E-state index contributed by atoms with van der Waals surface area (Å²) in [5.41, 5.74) is 9.45. The third-order valence-corrected chi connectivity index (χ3v) is 3.64. The monoisotopic (exact) mass is 286 g/mol. The van der Waals surface area contributed by atoms with Crippen molar-refractivity contribution in [2.75, 3.05) is 16.4 Å². The summed E-state index contributed by atoms with van der Waals surface area (Å²) in [5, 5.41) is 14.1. The van der Waals surface area contributed by atoms with E-state index in [-0.39, 0.29) is 5.91 Å². The van der Waals surface area contributed by atoms with Gasteiger partial charge < -0.3 is 20.9 Å². The van der Waals surface area contributed by atoms with Gasteiger partial charge in [-0.25, -0.2) is 0 Å². The van der Waals surface area contributed by atoms with Crippen LogP contribution in [0.25, 0.3) is 0 Å². The Kier molecular flexibility index (Phi) is 3.47. The Balaban J connectivity index is 1.79. The maximum absolute atomic E-state index is 11.5. The maximum atomic E-state index is 11.5. The lowest BCUT2D eigenvalue weighted by Crippen LogP contribution is -2.19. The minimum Gasteiger partial charge on any atom is -0.397 e. The van der Waals surface area contributed by atoms with Crippen LogP contribution in [0, 0.1) is 0 Å². The molecule has 0 unspecified atom stereocenters. The van der Waals surface area contributed by atoms with E-state index in [1.54, 1.807) is 6.33 Å². The number of rotatable bonds is 4. The molecule has 7 nitrogen and oxygen atoms in total. The predicted octanol–water partition coefficient (Wildman–Crippen LogP) is 1.38. The SMILES string of the molecule is CCn1cnnc1CNc1cc2c(cc1N)CCC(=O)N2. The van der Waals surface area contributed by atoms with Gasteiger partial charge in [-0.15, -0.1) is 10.2 Å². The number of benzene rings is 1. The molecule has 110 valence electrons. The molecule has 0 saturated carbocycles. The average Bonchev–Trinajstić information content (AvgIpc) is 2.93. The fourth-order valence-corrected chi connectivity index (χ4v) is 2.46. The quantitative estimate of drug-likeness (QED) is 0.738. The summed E-state index contributed by atoms with van der Waals surface area (Å²) < 4.78 is 1.96. The molecule has 1 aliphatic heterocycles. The van der Waals surface area contributed by atoms with Crippen molar-refractivity contribution in [2.45, 2.75) is 32.9 Å². The van der Waals surface area contributed by atoms with Crippen LogP contribution < -0.4 is 16.4 Å². The van der Waals surface area contributed by atoms with Gasteiger partial charge >= 0.3 is 0 Å². The molecule has 0 radical (unpaired) electrons. The topological polar surface area (TPSA) is 97.9 Å². The highest BCUT2D eigenvalue weighted by molar-refractivity contribution is 5.95. The molecule has 1 aromatic heterocycles. The first-order valence-corrected chi connectivity index (χ1v) is 7.00. The lowest BCUT2D eigenvalue weighted by Gasteiger charge is -2.19. The first-order valence-electron chi connectivity index (χ1n) is 7.00. The number of nitrogens with zero attached hydrogens (tertiary/aromatic N) is 3. The number of fused-ring (bicyclic) bond motifs is 1. The molecule has 0 fully saturated rings. The molecule has 1 amide bonds. The summed E-state index contributed by atoms with van der Waals surface area (Å²) in [5.74, 6) is 0.891. The Morgan fingerprint density at radius 3 is 3.10 bits per heavy atom. The number of amides is 1. The number of anilines is 3. The molecule has 7 heteroatoms. The Labute approximate surface area is 122 Å². The van der Waals surface area contributed by atoms with Crippen LogP contribution in [0.3, 0.4) is 0 Å². The highest BCUT2D eigenvalue weighted by Gasteiger charge is 2.16. The molecule has 0 aliphatic carbocycles. The number of carbonyl (C=O) groups is 1. The number of carbonyl (C=O) groups excluding carboxylic acids is 1. The Morgan fingerprint density at radius 2 is 2.29 bits per heavy atom. The first kappa shape index (κ1) is 13.4. The van der Waals surface area contributed by atoms with Gasteiger partial charge in [0.1, 0.15) is 6.33 Å². The molecule has 0 bridgehead atoms. The summed E-state index contributed by atoms with van der Waals surface area (Å²) in [6.07, 6.45) is 2.95. The van der Waals surface area contributed by atoms with Gasteiger partial charge in [0.05, 0.1) is 17.9 Å². The van der Waals surface area contributed by atoms with Gasteiger partial charge in [0.15, 0.2) is 5.82 Å². The van der Waals surface area contributed by atoms with Crippen LogP contribution in [0.5, 0.6) is 0 Å². The fraction of sp³-hybridized carbons (Fsp3) is 0.357. The standard InChI is InChI=1S/C14H18N6O/c1-2-20-8-17-19-13(20)7-16-12-6-11-9(5-10(12)15)3-4-14(21)18-11/h5-6,8,16H,2-4,7,15H2,1H3,(H,18,21). The van der Waals surface area contributed by atoms with Crippen molar-refractivity contribution >= 4 is 23.0 Å². The van der Waals surface area contributed by atoms with E-state index < -0.39 is 0 Å². The van der Waals surface area contributed by atoms with E-state index in [1.165, 1.54) is 0 Å². The van der Waals surface area contributed by atoms with Crippen LogP contribution >= 0.6 is 0 Å². The van der Waals surface area contributed by atoms with Crippen molar-refractivity contribution in [3.63, 3.8) is 0 Å². The van der Waals surface area contributed by atoms with Crippen LogP contribution in [0.15, 0.2) is 18.5 Å². The predicted molar refractivity (Wildman–Crippen MR) is 80.8 cm³/mol. The molecule has 1 aliphatic rings. The minimum atomic E-state index is 0.0453. The van der Waals surface area contributed by atoms with Crippen molar-refractivity contribution in [3.05, 3.63) is 29.8 Å². The smallest absolute Gasteiger partial charge is 0.224 e. The molecule has 2 heterocycles.